The number of halogens is 1. The number of aryl methyl sites for hydroxylation is 2. The smallest absolute Gasteiger partial charge is 0.306 e. The Morgan fingerprint density at radius 1 is 1.33 bits per heavy atom. The van der Waals surface area contributed by atoms with E-state index < -0.39 is 5.97 Å². The second kappa shape index (κ2) is 5.42. The maximum absolute atomic E-state index is 11.1. The zero-order valence-corrected chi connectivity index (χ0v) is 13.5. The highest BCUT2D eigenvalue weighted by molar-refractivity contribution is 7.18. The van der Waals surface area contributed by atoms with Crippen LogP contribution in [0.2, 0.25) is 5.28 Å². The third-order valence-corrected chi connectivity index (χ3v) is 5.40. The largest absolute Gasteiger partial charge is 0.481 e. The average Bonchev–Trinajstić information content (AvgIpc) is 2.73. The first-order valence-corrected chi connectivity index (χ1v) is 8.08. The highest BCUT2D eigenvalue weighted by Gasteiger charge is 2.27. The number of piperidine rings is 1. The van der Waals surface area contributed by atoms with Gasteiger partial charge in [0.1, 0.15) is 10.6 Å². The van der Waals surface area contributed by atoms with Crippen LogP contribution in [0.1, 0.15) is 23.3 Å². The highest BCUT2D eigenvalue weighted by atomic mass is 35.5. The zero-order chi connectivity index (χ0) is 15.1. The predicted octanol–water partition coefficient (Wildman–Crippen LogP) is 3.26. The fourth-order valence-corrected chi connectivity index (χ4v) is 4.01. The Morgan fingerprint density at radius 3 is 2.62 bits per heavy atom. The molecule has 3 rings (SSSR count). The monoisotopic (exact) mass is 325 g/mol. The van der Waals surface area contributed by atoms with Crippen molar-refractivity contribution >= 4 is 44.9 Å². The molecule has 5 nitrogen and oxygen atoms in total. The van der Waals surface area contributed by atoms with E-state index in [1.165, 1.54) is 10.4 Å². The Bertz CT molecular complexity index is 708. The van der Waals surface area contributed by atoms with Crippen LogP contribution in [0.5, 0.6) is 0 Å². The number of carboxylic acid groups (broad SMARTS) is 1. The van der Waals surface area contributed by atoms with Gasteiger partial charge < -0.3 is 10.0 Å². The van der Waals surface area contributed by atoms with Gasteiger partial charge in [-0.25, -0.2) is 4.98 Å². The van der Waals surface area contributed by atoms with Gasteiger partial charge in [-0.1, -0.05) is 0 Å². The van der Waals surface area contributed by atoms with Crippen molar-refractivity contribution in [3.05, 3.63) is 15.7 Å². The lowest BCUT2D eigenvalue weighted by atomic mass is 9.97. The minimum atomic E-state index is -0.705. The molecule has 0 aromatic carbocycles. The second-order valence-corrected chi connectivity index (χ2v) is 6.92. The summed E-state index contributed by atoms with van der Waals surface area (Å²) in [4.78, 5) is 24.0. The Balaban J connectivity index is 1.99. The summed E-state index contributed by atoms with van der Waals surface area (Å²) in [6, 6.07) is 0. The number of hydrogen-bond acceptors (Lipinski definition) is 5. The van der Waals surface area contributed by atoms with Crippen molar-refractivity contribution in [2.45, 2.75) is 26.7 Å². The molecule has 1 saturated heterocycles. The molecule has 112 valence electrons. The molecule has 0 atom stereocenters. The van der Waals surface area contributed by atoms with Crippen molar-refractivity contribution in [3.8, 4) is 0 Å². The summed E-state index contributed by atoms with van der Waals surface area (Å²) >= 11 is 7.67. The van der Waals surface area contributed by atoms with Crippen LogP contribution in [0.3, 0.4) is 0 Å². The quantitative estimate of drug-likeness (QED) is 0.858. The van der Waals surface area contributed by atoms with Gasteiger partial charge in [-0.2, -0.15) is 4.98 Å². The number of carbonyl (C=O) groups is 1. The van der Waals surface area contributed by atoms with Crippen LogP contribution < -0.4 is 4.90 Å². The molecule has 1 aliphatic heterocycles. The van der Waals surface area contributed by atoms with Crippen LogP contribution in [0.25, 0.3) is 10.2 Å². The van der Waals surface area contributed by atoms with E-state index in [-0.39, 0.29) is 11.2 Å². The van der Waals surface area contributed by atoms with Gasteiger partial charge in [0.05, 0.1) is 11.3 Å². The summed E-state index contributed by atoms with van der Waals surface area (Å²) in [6.07, 6.45) is 1.28. The molecular weight excluding hydrogens is 310 g/mol. The lowest BCUT2D eigenvalue weighted by molar-refractivity contribution is -0.142. The summed E-state index contributed by atoms with van der Waals surface area (Å²) in [5.74, 6) is -0.113. The number of aliphatic carboxylic acids is 1. The number of fused-ring (bicyclic) bond motifs is 1. The fourth-order valence-electron chi connectivity index (χ4n) is 2.77. The first-order chi connectivity index (χ1) is 9.97. The molecule has 0 bridgehead atoms. The maximum atomic E-state index is 11.1. The number of hydrogen-bond donors (Lipinski definition) is 1. The van der Waals surface area contributed by atoms with Gasteiger partial charge in [-0.3, -0.25) is 4.79 Å². The lowest BCUT2D eigenvalue weighted by Gasteiger charge is -2.31. The van der Waals surface area contributed by atoms with Crippen LogP contribution in [-0.2, 0) is 4.79 Å². The molecule has 21 heavy (non-hydrogen) atoms. The van der Waals surface area contributed by atoms with Crippen molar-refractivity contribution in [3.63, 3.8) is 0 Å². The van der Waals surface area contributed by atoms with E-state index in [9.17, 15) is 4.79 Å². The molecule has 0 unspecified atom stereocenters. The summed E-state index contributed by atoms with van der Waals surface area (Å²) in [5.41, 5.74) is 1.18. The van der Waals surface area contributed by atoms with Gasteiger partial charge in [0.25, 0.3) is 0 Å². The topological polar surface area (TPSA) is 66.3 Å². The zero-order valence-electron chi connectivity index (χ0n) is 11.9. The molecular formula is C14H16ClN3O2S. The fraction of sp³-hybridized carbons (Fsp3) is 0.500. The lowest BCUT2D eigenvalue weighted by Crippen LogP contribution is -2.37. The first kappa shape index (κ1) is 14.5. The highest BCUT2D eigenvalue weighted by Crippen LogP contribution is 2.36. The van der Waals surface area contributed by atoms with Crippen LogP contribution in [0, 0.1) is 19.8 Å². The summed E-state index contributed by atoms with van der Waals surface area (Å²) in [6.45, 7) is 5.51. The van der Waals surface area contributed by atoms with E-state index in [4.69, 9.17) is 16.7 Å². The molecule has 0 radical (unpaired) electrons. The van der Waals surface area contributed by atoms with Gasteiger partial charge in [-0.05, 0) is 43.9 Å². The van der Waals surface area contributed by atoms with Gasteiger partial charge in [-0.15, -0.1) is 11.3 Å². The first-order valence-electron chi connectivity index (χ1n) is 6.88. The minimum Gasteiger partial charge on any atom is -0.481 e. The van der Waals surface area contributed by atoms with E-state index in [1.807, 2.05) is 0 Å². The summed E-state index contributed by atoms with van der Waals surface area (Å²) in [5, 5.41) is 10.4. The normalized spacial score (nSPS) is 16.6. The van der Waals surface area contributed by atoms with Gasteiger partial charge in [0, 0.05) is 18.0 Å². The van der Waals surface area contributed by atoms with Crippen LogP contribution >= 0.6 is 22.9 Å². The number of rotatable bonds is 2. The molecule has 7 heteroatoms. The number of aromatic nitrogens is 2. The number of anilines is 1. The Morgan fingerprint density at radius 2 is 2.00 bits per heavy atom. The maximum Gasteiger partial charge on any atom is 0.306 e. The molecule has 0 saturated carbocycles. The van der Waals surface area contributed by atoms with Gasteiger partial charge in [0.2, 0.25) is 5.28 Å². The summed E-state index contributed by atoms with van der Waals surface area (Å²) < 4.78 is 0. The number of nitrogens with zero attached hydrogens (tertiary/aromatic N) is 3. The van der Waals surface area contributed by atoms with E-state index >= 15 is 0 Å². The molecule has 0 aliphatic carbocycles. The van der Waals surface area contributed by atoms with Crippen molar-refractivity contribution in [1.29, 1.82) is 0 Å². The Labute approximate surface area is 131 Å². The average molecular weight is 326 g/mol. The predicted molar refractivity (Wildman–Crippen MR) is 84.5 cm³/mol. The van der Waals surface area contributed by atoms with E-state index in [0.29, 0.717) is 25.9 Å². The van der Waals surface area contributed by atoms with Gasteiger partial charge >= 0.3 is 5.97 Å². The van der Waals surface area contributed by atoms with Crippen LogP contribution in [-0.4, -0.2) is 34.1 Å². The number of thiophene rings is 1. The third kappa shape index (κ3) is 2.58. The Hall–Kier alpha value is -1.40. The molecule has 0 spiro atoms. The third-order valence-electron chi connectivity index (χ3n) is 4.13. The Kier molecular flexibility index (Phi) is 3.75. The standard InChI is InChI=1S/C14H16ClN3O2S/c1-7-8(2)21-12-10(7)11(16-14(15)17-12)18-5-3-9(4-6-18)13(19)20/h9H,3-6H2,1-2H3,(H,19,20). The van der Waals surface area contributed by atoms with E-state index in [1.54, 1.807) is 11.3 Å². The van der Waals surface area contributed by atoms with Crippen molar-refractivity contribution in [2.24, 2.45) is 5.92 Å². The molecule has 1 fully saturated rings. The number of carboxylic acids is 1. The van der Waals surface area contributed by atoms with Crippen molar-refractivity contribution in [1.82, 2.24) is 9.97 Å². The van der Waals surface area contributed by atoms with E-state index in [2.05, 4.69) is 28.7 Å². The van der Waals surface area contributed by atoms with Crippen LogP contribution in [0.15, 0.2) is 0 Å². The summed E-state index contributed by atoms with van der Waals surface area (Å²) in [7, 11) is 0. The molecule has 1 N–H and O–H groups in total. The van der Waals surface area contributed by atoms with Crippen molar-refractivity contribution in [2.75, 3.05) is 18.0 Å². The molecule has 1 aliphatic rings. The SMILES string of the molecule is Cc1sc2nc(Cl)nc(N3CCC(C(=O)O)CC3)c2c1C. The minimum absolute atomic E-state index is 0.249. The molecule has 0 amide bonds. The van der Waals surface area contributed by atoms with Crippen LogP contribution in [0.4, 0.5) is 5.82 Å². The molecule has 2 aromatic heterocycles. The van der Waals surface area contributed by atoms with Gasteiger partial charge in [0.15, 0.2) is 0 Å². The van der Waals surface area contributed by atoms with Crippen molar-refractivity contribution < 1.29 is 9.90 Å². The molecule has 2 aromatic rings. The molecule has 3 heterocycles. The second-order valence-electron chi connectivity index (χ2n) is 5.38. The van der Waals surface area contributed by atoms with E-state index in [0.717, 1.165) is 16.0 Å².